The molecule has 2 aromatic heterocycles. The number of thiophene rings is 1. The van der Waals surface area contributed by atoms with Gasteiger partial charge in [-0.05, 0) is 46.6 Å². The van der Waals surface area contributed by atoms with Crippen molar-refractivity contribution in [2.24, 2.45) is 0 Å². The summed E-state index contributed by atoms with van der Waals surface area (Å²) in [6.07, 6.45) is 0.957. The first-order chi connectivity index (χ1) is 10.6. The average molecular weight is 415 g/mol. The summed E-state index contributed by atoms with van der Waals surface area (Å²) in [7, 11) is 0. The van der Waals surface area contributed by atoms with Crippen LogP contribution in [0.3, 0.4) is 0 Å². The van der Waals surface area contributed by atoms with Gasteiger partial charge in [0.05, 0.1) is 24.4 Å². The van der Waals surface area contributed by atoms with Crippen molar-refractivity contribution in [2.75, 3.05) is 11.9 Å². The number of fused-ring (bicyclic) bond motifs is 1. The van der Waals surface area contributed by atoms with Crippen LogP contribution in [0.4, 0.5) is 5.82 Å². The van der Waals surface area contributed by atoms with Crippen molar-refractivity contribution in [3.63, 3.8) is 0 Å². The van der Waals surface area contributed by atoms with Gasteiger partial charge in [-0.2, -0.15) is 5.10 Å². The first kappa shape index (κ1) is 14.6. The molecule has 3 heterocycles. The van der Waals surface area contributed by atoms with Gasteiger partial charge < -0.3 is 5.32 Å². The molecule has 0 atom stereocenters. The Morgan fingerprint density at radius 1 is 1.23 bits per heavy atom. The molecule has 22 heavy (non-hydrogen) atoms. The van der Waals surface area contributed by atoms with Crippen molar-refractivity contribution in [1.82, 2.24) is 9.78 Å². The Morgan fingerprint density at radius 3 is 2.86 bits per heavy atom. The fraction of sp³-hybridized carbons (Fsp3) is 0.133. The van der Waals surface area contributed by atoms with Crippen molar-refractivity contribution in [2.45, 2.75) is 6.42 Å². The lowest BCUT2D eigenvalue weighted by Gasteiger charge is -2.09. The normalized spacial score (nSPS) is 13.2. The van der Waals surface area contributed by atoms with E-state index < -0.39 is 0 Å². The third-order valence-corrected chi connectivity index (χ3v) is 6.06. The van der Waals surface area contributed by atoms with Crippen LogP contribution in [0, 0.1) is 0 Å². The number of nitrogens with one attached hydrogen (secondary N) is 1. The van der Waals surface area contributed by atoms with E-state index in [9.17, 15) is 0 Å². The van der Waals surface area contributed by atoms with Crippen molar-refractivity contribution >= 4 is 56.3 Å². The second-order valence-electron chi connectivity index (χ2n) is 4.94. The minimum absolute atomic E-state index is 0.516. The second-order valence-corrected chi connectivity index (χ2v) is 8.19. The maximum Gasteiger partial charge on any atom is 0.133 e. The van der Waals surface area contributed by atoms with Gasteiger partial charge in [0.1, 0.15) is 11.5 Å². The Labute approximate surface area is 150 Å². The number of hydrogen-bond donors (Lipinski definition) is 1. The minimum atomic E-state index is 0.516. The predicted molar refractivity (Wildman–Crippen MR) is 96.8 cm³/mol. The molecule has 3 nitrogen and oxygen atoms in total. The van der Waals surface area contributed by atoms with Crippen LogP contribution in [0.25, 0.3) is 16.3 Å². The molecule has 1 aliphatic rings. The highest BCUT2D eigenvalue weighted by Crippen LogP contribution is 2.40. The molecule has 0 unspecified atom stereocenters. The molecule has 4 rings (SSSR count). The molecule has 112 valence electrons. The monoisotopic (exact) mass is 413 g/mol. The smallest absolute Gasteiger partial charge is 0.133 e. The molecule has 0 amide bonds. The number of nitrogens with zero attached hydrogens (tertiary/aromatic N) is 2. The molecule has 0 radical (unpaired) electrons. The number of anilines is 1. The molecule has 0 saturated carbocycles. The minimum Gasteiger partial charge on any atom is -0.369 e. The summed E-state index contributed by atoms with van der Waals surface area (Å²) in [6, 6.07) is 9.71. The van der Waals surface area contributed by atoms with Crippen LogP contribution in [-0.2, 0) is 6.42 Å². The summed E-state index contributed by atoms with van der Waals surface area (Å²) in [5.41, 5.74) is 3.03. The zero-order valence-corrected chi connectivity index (χ0v) is 15.2. The van der Waals surface area contributed by atoms with Gasteiger partial charge in [0.25, 0.3) is 0 Å². The van der Waals surface area contributed by atoms with E-state index in [4.69, 9.17) is 28.3 Å². The second kappa shape index (κ2) is 5.57. The van der Waals surface area contributed by atoms with Crippen LogP contribution in [0.2, 0.25) is 10.0 Å². The Balaban J connectivity index is 1.93. The Morgan fingerprint density at radius 2 is 2.09 bits per heavy atom. The van der Waals surface area contributed by atoms with Crippen LogP contribution in [0.15, 0.2) is 34.1 Å². The third-order valence-electron chi connectivity index (χ3n) is 3.62. The first-order valence-electron chi connectivity index (χ1n) is 6.71. The van der Waals surface area contributed by atoms with E-state index in [-0.39, 0.29) is 0 Å². The van der Waals surface area contributed by atoms with Crippen molar-refractivity contribution in [3.05, 3.63) is 49.7 Å². The van der Waals surface area contributed by atoms with Gasteiger partial charge in [-0.1, -0.05) is 29.3 Å². The Bertz CT molecular complexity index is 872. The Hall–Kier alpha value is -1.01. The van der Waals surface area contributed by atoms with E-state index in [0.717, 1.165) is 38.8 Å². The third kappa shape index (κ3) is 2.27. The molecule has 7 heteroatoms. The molecule has 1 aliphatic heterocycles. The van der Waals surface area contributed by atoms with Crippen molar-refractivity contribution in [1.29, 1.82) is 0 Å². The lowest BCUT2D eigenvalue weighted by molar-refractivity contribution is 0.884. The van der Waals surface area contributed by atoms with Gasteiger partial charge in [0.15, 0.2) is 0 Å². The summed E-state index contributed by atoms with van der Waals surface area (Å²) in [6.45, 7) is 0.908. The molecule has 0 aliphatic carbocycles. The summed E-state index contributed by atoms with van der Waals surface area (Å²) in [5.74, 6) is 1.00. The zero-order valence-electron chi connectivity index (χ0n) is 11.2. The lowest BCUT2D eigenvalue weighted by atomic mass is 10.2. The number of aromatic nitrogens is 2. The fourth-order valence-electron chi connectivity index (χ4n) is 2.64. The number of rotatable bonds is 2. The van der Waals surface area contributed by atoms with Gasteiger partial charge in [-0.3, -0.25) is 0 Å². The molecule has 0 fully saturated rings. The molecular formula is C15H10BrCl2N3S. The number of benzene rings is 1. The molecular weight excluding hydrogens is 405 g/mol. The van der Waals surface area contributed by atoms with E-state index in [1.807, 2.05) is 22.9 Å². The van der Waals surface area contributed by atoms with Gasteiger partial charge in [0.2, 0.25) is 0 Å². The van der Waals surface area contributed by atoms with Crippen LogP contribution in [0.5, 0.6) is 0 Å². The van der Waals surface area contributed by atoms with E-state index in [2.05, 4.69) is 27.3 Å². The van der Waals surface area contributed by atoms with E-state index in [1.165, 1.54) is 5.56 Å². The average Bonchev–Trinajstić information content (AvgIpc) is 3.18. The van der Waals surface area contributed by atoms with E-state index in [0.29, 0.717) is 10.0 Å². The van der Waals surface area contributed by atoms with E-state index >= 15 is 0 Å². The molecule has 0 spiro atoms. The van der Waals surface area contributed by atoms with Crippen LogP contribution < -0.4 is 5.32 Å². The maximum atomic E-state index is 6.36. The Kier molecular flexibility index (Phi) is 3.69. The summed E-state index contributed by atoms with van der Waals surface area (Å²) >= 11 is 17.7. The molecule has 0 saturated heterocycles. The topological polar surface area (TPSA) is 29.9 Å². The quantitative estimate of drug-likeness (QED) is 0.588. The largest absolute Gasteiger partial charge is 0.369 e. The van der Waals surface area contributed by atoms with Gasteiger partial charge >= 0.3 is 0 Å². The summed E-state index contributed by atoms with van der Waals surface area (Å²) in [5, 5.41) is 9.24. The number of halogens is 3. The van der Waals surface area contributed by atoms with Gasteiger partial charge in [-0.25, -0.2) is 4.68 Å². The first-order valence-corrected chi connectivity index (χ1v) is 9.07. The van der Waals surface area contributed by atoms with Gasteiger partial charge in [0, 0.05) is 12.1 Å². The highest BCUT2D eigenvalue weighted by Gasteiger charge is 2.25. The lowest BCUT2D eigenvalue weighted by Crippen LogP contribution is -2.04. The zero-order chi connectivity index (χ0) is 15.3. The highest BCUT2D eigenvalue weighted by atomic mass is 79.9. The molecule has 0 bridgehead atoms. The van der Waals surface area contributed by atoms with Crippen molar-refractivity contribution < 1.29 is 0 Å². The van der Waals surface area contributed by atoms with Crippen LogP contribution in [-0.4, -0.2) is 16.3 Å². The van der Waals surface area contributed by atoms with Crippen LogP contribution >= 0.6 is 50.5 Å². The van der Waals surface area contributed by atoms with E-state index in [1.54, 1.807) is 17.4 Å². The molecule has 3 aromatic rings. The highest BCUT2D eigenvalue weighted by molar-refractivity contribution is 9.11. The number of hydrogen-bond acceptors (Lipinski definition) is 3. The fourth-order valence-corrected chi connectivity index (χ4v) is 4.42. The maximum absolute atomic E-state index is 6.36. The summed E-state index contributed by atoms with van der Waals surface area (Å²) < 4.78 is 2.96. The van der Waals surface area contributed by atoms with Crippen molar-refractivity contribution in [3.8, 4) is 16.3 Å². The predicted octanol–water partition coefficient (Wildman–Crippen LogP) is 5.64. The summed E-state index contributed by atoms with van der Waals surface area (Å²) in [4.78, 5) is 1.14. The SMILES string of the molecule is Clc1cccc(-n2nc(-c3ccc(Br)s3)c3c2NCC3)c1Cl. The standard InChI is InChI=1S/C15H10BrCl2N3S/c16-12-5-4-11(22-12)14-8-6-7-19-15(8)21(20-14)10-3-1-2-9(17)13(10)18/h1-5,19H,6-7H2. The van der Waals surface area contributed by atoms with Crippen LogP contribution in [0.1, 0.15) is 5.56 Å². The van der Waals surface area contributed by atoms with Gasteiger partial charge in [-0.15, -0.1) is 11.3 Å². The molecule has 1 aromatic carbocycles. The molecule has 1 N–H and O–H groups in total.